The van der Waals surface area contributed by atoms with Crippen LogP contribution in [0.25, 0.3) is 0 Å². The largest absolute Gasteiger partial charge is 0.368 e. The molecule has 1 aliphatic heterocycles. The lowest BCUT2D eigenvalue weighted by atomic mass is 10.1. The lowest BCUT2D eigenvalue weighted by Crippen LogP contribution is -2.57. The smallest absolute Gasteiger partial charge is 0.235 e. The molecule has 0 bridgehead atoms. The first-order valence-corrected chi connectivity index (χ1v) is 6.38. The summed E-state index contributed by atoms with van der Waals surface area (Å²) in [5.74, 6) is -0.259. The summed E-state index contributed by atoms with van der Waals surface area (Å²) in [5.41, 5.74) is 5.44. The van der Waals surface area contributed by atoms with Gasteiger partial charge in [0, 0.05) is 38.3 Å². The van der Waals surface area contributed by atoms with E-state index in [1.165, 1.54) is 0 Å². The summed E-state index contributed by atoms with van der Waals surface area (Å²) >= 11 is 0. The molecule has 1 heterocycles. The maximum absolute atomic E-state index is 11.4. The number of carbonyl (C=O) groups excluding carboxylic acids is 1. The van der Waals surface area contributed by atoms with Crippen molar-refractivity contribution in [3.8, 4) is 0 Å². The Morgan fingerprint density at radius 2 is 2.12 bits per heavy atom. The summed E-state index contributed by atoms with van der Waals surface area (Å²) in [6.07, 6.45) is 0. The molecule has 5 nitrogen and oxygen atoms in total. The van der Waals surface area contributed by atoms with Crippen molar-refractivity contribution in [3.05, 3.63) is 0 Å². The Kier molecular flexibility index (Phi) is 5.36. The number of amides is 1. The van der Waals surface area contributed by atoms with E-state index in [1.807, 2.05) is 13.8 Å². The first-order valence-electron chi connectivity index (χ1n) is 6.38. The molecule has 0 spiro atoms. The van der Waals surface area contributed by atoms with Gasteiger partial charge in [0.15, 0.2) is 0 Å². The van der Waals surface area contributed by atoms with Gasteiger partial charge in [0.1, 0.15) is 0 Å². The van der Waals surface area contributed by atoms with E-state index in [2.05, 4.69) is 29.1 Å². The van der Waals surface area contributed by atoms with Gasteiger partial charge >= 0.3 is 0 Å². The van der Waals surface area contributed by atoms with Crippen molar-refractivity contribution < 1.29 is 4.79 Å². The van der Waals surface area contributed by atoms with Crippen LogP contribution in [0, 0.1) is 0 Å². The Morgan fingerprint density at radius 1 is 1.47 bits per heavy atom. The second-order valence-corrected chi connectivity index (χ2v) is 5.38. The molecular formula is C12H26N4O. The number of hydrogen-bond acceptors (Lipinski definition) is 4. The van der Waals surface area contributed by atoms with Gasteiger partial charge in [0.2, 0.25) is 5.91 Å². The number of piperazine rings is 1. The molecule has 0 radical (unpaired) electrons. The average Bonchev–Trinajstić information content (AvgIpc) is 2.19. The second kappa shape index (κ2) is 6.33. The Hall–Kier alpha value is -0.650. The van der Waals surface area contributed by atoms with Crippen molar-refractivity contribution in [3.63, 3.8) is 0 Å². The molecule has 1 saturated heterocycles. The van der Waals surface area contributed by atoms with E-state index in [4.69, 9.17) is 5.73 Å². The van der Waals surface area contributed by atoms with Gasteiger partial charge in [-0.3, -0.25) is 9.69 Å². The molecule has 0 saturated carbocycles. The predicted molar refractivity (Wildman–Crippen MR) is 69.8 cm³/mol. The Morgan fingerprint density at radius 3 is 2.59 bits per heavy atom. The predicted octanol–water partition coefficient (Wildman–Crippen LogP) is -0.526. The molecule has 1 amide bonds. The Bertz CT molecular complexity index is 257. The molecule has 0 aromatic heterocycles. The summed E-state index contributed by atoms with van der Waals surface area (Å²) < 4.78 is 0. The molecule has 17 heavy (non-hydrogen) atoms. The minimum absolute atomic E-state index is 0.249. The molecule has 0 aromatic rings. The number of primary amides is 1. The summed E-state index contributed by atoms with van der Waals surface area (Å²) in [6, 6.07) is 0.501. The van der Waals surface area contributed by atoms with Crippen LogP contribution in [0.4, 0.5) is 0 Å². The van der Waals surface area contributed by atoms with E-state index in [1.54, 1.807) is 0 Å². The lowest BCUT2D eigenvalue weighted by Gasteiger charge is -2.39. The van der Waals surface area contributed by atoms with E-state index in [0.717, 1.165) is 19.6 Å². The van der Waals surface area contributed by atoms with Gasteiger partial charge < -0.3 is 16.0 Å². The minimum atomic E-state index is -0.259. The first-order chi connectivity index (χ1) is 7.90. The number of nitrogens with zero attached hydrogens (tertiary/aromatic N) is 2. The first kappa shape index (κ1) is 14.4. The second-order valence-electron chi connectivity index (χ2n) is 5.38. The molecule has 1 aliphatic rings. The standard InChI is InChI=1S/C12H26N4O/c1-9(2)14-11(12(13)17)8-16-6-5-15(4)7-10(16)3/h9-11,14H,5-8H2,1-4H3,(H2,13,17). The highest BCUT2D eigenvalue weighted by Crippen LogP contribution is 2.08. The zero-order chi connectivity index (χ0) is 13.0. The maximum Gasteiger partial charge on any atom is 0.235 e. The number of carbonyl (C=O) groups is 1. The van der Waals surface area contributed by atoms with Gasteiger partial charge in [0.25, 0.3) is 0 Å². The number of nitrogens with two attached hydrogens (primary N) is 1. The molecule has 2 atom stereocenters. The van der Waals surface area contributed by atoms with Crippen LogP contribution in [0.3, 0.4) is 0 Å². The number of rotatable bonds is 5. The van der Waals surface area contributed by atoms with E-state index in [9.17, 15) is 4.79 Å². The number of hydrogen-bond donors (Lipinski definition) is 2. The van der Waals surface area contributed by atoms with E-state index in [0.29, 0.717) is 12.6 Å². The van der Waals surface area contributed by atoms with Crippen molar-refractivity contribution in [2.24, 2.45) is 5.73 Å². The molecule has 3 N–H and O–H groups in total. The molecule has 2 unspecified atom stereocenters. The van der Waals surface area contributed by atoms with Crippen LogP contribution in [0.2, 0.25) is 0 Å². The highest BCUT2D eigenvalue weighted by atomic mass is 16.1. The zero-order valence-corrected chi connectivity index (χ0v) is 11.4. The average molecular weight is 242 g/mol. The summed E-state index contributed by atoms with van der Waals surface area (Å²) in [5, 5.41) is 3.23. The van der Waals surface area contributed by atoms with Crippen LogP contribution in [0.15, 0.2) is 0 Å². The van der Waals surface area contributed by atoms with Crippen molar-refractivity contribution in [1.82, 2.24) is 15.1 Å². The van der Waals surface area contributed by atoms with Crippen LogP contribution in [0.1, 0.15) is 20.8 Å². The summed E-state index contributed by atoms with van der Waals surface area (Å²) in [6.45, 7) is 10.1. The van der Waals surface area contributed by atoms with Crippen molar-refractivity contribution in [1.29, 1.82) is 0 Å². The molecule has 5 heteroatoms. The molecular weight excluding hydrogens is 216 g/mol. The highest BCUT2D eigenvalue weighted by Gasteiger charge is 2.26. The Balaban J connectivity index is 2.51. The number of likely N-dealkylation sites (N-methyl/N-ethyl adjacent to an activating group) is 1. The molecule has 100 valence electrons. The van der Waals surface area contributed by atoms with Gasteiger partial charge in [0.05, 0.1) is 6.04 Å². The van der Waals surface area contributed by atoms with Gasteiger partial charge in [-0.15, -0.1) is 0 Å². The van der Waals surface area contributed by atoms with Crippen LogP contribution >= 0.6 is 0 Å². The fraction of sp³-hybridized carbons (Fsp3) is 0.917. The van der Waals surface area contributed by atoms with Crippen LogP contribution < -0.4 is 11.1 Å². The Labute approximate surface area is 104 Å². The van der Waals surface area contributed by atoms with Gasteiger partial charge in [-0.05, 0) is 14.0 Å². The third-order valence-corrected chi connectivity index (χ3v) is 3.26. The fourth-order valence-corrected chi connectivity index (χ4v) is 2.31. The van der Waals surface area contributed by atoms with E-state index in [-0.39, 0.29) is 18.0 Å². The van der Waals surface area contributed by atoms with Crippen LogP contribution in [-0.4, -0.2) is 67.1 Å². The van der Waals surface area contributed by atoms with Gasteiger partial charge in [-0.2, -0.15) is 0 Å². The zero-order valence-electron chi connectivity index (χ0n) is 11.4. The summed E-state index contributed by atoms with van der Waals surface area (Å²) in [4.78, 5) is 16.1. The SMILES string of the molecule is CC(C)NC(CN1CCN(C)CC1C)C(N)=O. The lowest BCUT2D eigenvalue weighted by molar-refractivity contribution is -0.121. The van der Waals surface area contributed by atoms with Crippen molar-refractivity contribution >= 4 is 5.91 Å². The minimum Gasteiger partial charge on any atom is -0.368 e. The third-order valence-electron chi connectivity index (χ3n) is 3.26. The van der Waals surface area contributed by atoms with Crippen molar-refractivity contribution in [2.75, 3.05) is 33.2 Å². The van der Waals surface area contributed by atoms with Crippen LogP contribution in [0.5, 0.6) is 0 Å². The molecule has 0 aliphatic carbocycles. The van der Waals surface area contributed by atoms with Crippen molar-refractivity contribution in [2.45, 2.75) is 38.9 Å². The van der Waals surface area contributed by atoms with E-state index < -0.39 is 0 Å². The fourth-order valence-electron chi connectivity index (χ4n) is 2.31. The summed E-state index contributed by atoms with van der Waals surface area (Å²) in [7, 11) is 2.13. The maximum atomic E-state index is 11.4. The van der Waals surface area contributed by atoms with Gasteiger partial charge in [-0.25, -0.2) is 0 Å². The molecule has 0 aromatic carbocycles. The molecule has 1 fully saturated rings. The highest BCUT2D eigenvalue weighted by molar-refractivity contribution is 5.80. The topological polar surface area (TPSA) is 61.6 Å². The number of nitrogens with one attached hydrogen (secondary N) is 1. The van der Waals surface area contributed by atoms with Crippen LogP contribution in [-0.2, 0) is 4.79 Å². The van der Waals surface area contributed by atoms with Gasteiger partial charge in [-0.1, -0.05) is 13.8 Å². The quantitative estimate of drug-likeness (QED) is 0.681. The monoisotopic (exact) mass is 242 g/mol. The normalized spacial score (nSPS) is 25.1. The molecule has 1 rings (SSSR count). The van der Waals surface area contributed by atoms with E-state index >= 15 is 0 Å². The third kappa shape index (κ3) is 4.61.